The highest BCUT2D eigenvalue weighted by Crippen LogP contribution is 2.37. The van der Waals surface area contributed by atoms with Gasteiger partial charge >= 0.3 is 5.97 Å². The number of Topliss-reactive ketones (excluding diaryl/α,β-unsaturated/α-hetero) is 1. The number of halogens is 2. The zero-order valence-corrected chi connectivity index (χ0v) is 21.9. The third kappa shape index (κ3) is 6.14. The summed E-state index contributed by atoms with van der Waals surface area (Å²) in [5, 5.41) is 3.12. The van der Waals surface area contributed by atoms with E-state index in [1.165, 1.54) is 19.2 Å². The van der Waals surface area contributed by atoms with Gasteiger partial charge in [0.25, 0.3) is 0 Å². The molecule has 3 aliphatic rings. The summed E-state index contributed by atoms with van der Waals surface area (Å²) in [6.45, 7) is 2.83. The van der Waals surface area contributed by atoms with Gasteiger partial charge < -0.3 is 31.7 Å². The van der Waals surface area contributed by atoms with Gasteiger partial charge in [-0.1, -0.05) is 36.4 Å². The number of hydrogen-bond donors (Lipinski definition) is 1. The number of pyridine rings is 1. The number of fused-ring (bicyclic) bond motifs is 3. The first kappa shape index (κ1) is 27.5. The number of methoxy groups -OCH3 is 1. The molecule has 4 heterocycles. The predicted octanol–water partition coefficient (Wildman–Crippen LogP) is 1.42. The fourth-order valence-electron chi connectivity index (χ4n) is 5.52. The van der Waals surface area contributed by atoms with Crippen LogP contribution in [0.2, 0.25) is 0 Å². The van der Waals surface area contributed by atoms with Gasteiger partial charge in [0.05, 0.1) is 20.2 Å². The lowest BCUT2D eigenvalue weighted by atomic mass is 9.82. The van der Waals surface area contributed by atoms with Gasteiger partial charge in [-0.25, -0.2) is 14.2 Å². The highest BCUT2D eigenvalue weighted by molar-refractivity contribution is 5.97. The largest absolute Gasteiger partial charge is 1.00 e. The number of hydrogen-bond acceptors (Lipinski definition) is 6. The van der Waals surface area contributed by atoms with E-state index < -0.39 is 17.8 Å². The number of esters is 1. The Morgan fingerprint density at radius 3 is 2.50 bits per heavy atom. The smallest absolute Gasteiger partial charge is 0.333 e. The molecular formula is C29H31ClFN3O4. The van der Waals surface area contributed by atoms with E-state index in [0.717, 1.165) is 25.9 Å². The topological polar surface area (TPSA) is 77.5 Å². The van der Waals surface area contributed by atoms with Crippen LogP contribution in [0, 0.1) is 11.7 Å². The second-order valence-electron chi connectivity index (χ2n) is 9.95. The van der Waals surface area contributed by atoms with Crippen molar-refractivity contribution in [2.45, 2.75) is 25.0 Å². The van der Waals surface area contributed by atoms with Crippen molar-refractivity contribution in [2.24, 2.45) is 5.92 Å². The zero-order chi connectivity index (χ0) is 25.8. The Morgan fingerprint density at radius 2 is 1.84 bits per heavy atom. The lowest BCUT2D eigenvalue weighted by Crippen LogP contribution is -3.00. The highest BCUT2D eigenvalue weighted by atomic mass is 35.5. The molecule has 7 nitrogen and oxygen atoms in total. The number of nitrogens with zero attached hydrogens (tertiary/aromatic N) is 2. The molecule has 0 amide bonds. The summed E-state index contributed by atoms with van der Waals surface area (Å²) >= 11 is 0. The van der Waals surface area contributed by atoms with Crippen LogP contribution in [0.4, 0.5) is 10.1 Å². The van der Waals surface area contributed by atoms with Crippen molar-refractivity contribution in [2.75, 3.05) is 38.6 Å². The van der Waals surface area contributed by atoms with E-state index >= 15 is 0 Å². The first-order valence-electron chi connectivity index (χ1n) is 12.6. The van der Waals surface area contributed by atoms with E-state index in [2.05, 4.69) is 10.3 Å². The minimum Gasteiger partial charge on any atom is -1.00 e. The zero-order valence-electron chi connectivity index (χ0n) is 21.2. The Hall–Kier alpha value is -3.49. The lowest BCUT2D eigenvalue weighted by Gasteiger charge is -2.51. The second-order valence-corrected chi connectivity index (χ2v) is 9.95. The molecule has 3 aromatic rings. The van der Waals surface area contributed by atoms with Crippen molar-refractivity contribution < 1.29 is 40.3 Å². The molecule has 9 heteroatoms. The van der Waals surface area contributed by atoms with Gasteiger partial charge in [0.2, 0.25) is 11.7 Å². The van der Waals surface area contributed by atoms with Crippen molar-refractivity contribution >= 4 is 17.4 Å². The molecule has 3 saturated heterocycles. The van der Waals surface area contributed by atoms with Gasteiger partial charge in [-0.3, -0.25) is 4.79 Å². The van der Waals surface area contributed by atoms with Crippen molar-refractivity contribution in [3.63, 3.8) is 0 Å². The molecule has 0 aliphatic carbocycles. The molecule has 1 aromatic heterocycles. The standard InChI is InChI=1S/C29H31FN3O4.ClH/c1-36-27-11-10-22(17-31-27)28(32-24-9-5-8-23(30)16-24)29(35)37-26-19-33(14-12-21(26)13-15-33)18-25(34)20-6-3-2-4-7-20;/h2-11,16-17,21,26,28,32H,12-15,18-19H2,1H3;1H/q+1;/p-1/t21?,26-,28?,33?;/m0./s1. The average Bonchev–Trinajstić information content (AvgIpc) is 2.93. The molecule has 2 bridgehead atoms. The lowest BCUT2D eigenvalue weighted by molar-refractivity contribution is -0.938. The van der Waals surface area contributed by atoms with Crippen LogP contribution in [0.3, 0.4) is 0 Å². The fourth-order valence-corrected chi connectivity index (χ4v) is 5.52. The van der Waals surface area contributed by atoms with Gasteiger partial charge in [-0.15, -0.1) is 0 Å². The number of carbonyl (C=O) groups is 2. The van der Waals surface area contributed by atoms with Gasteiger partial charge in [-0.05, 0) is 24.3 Å². The van der Waals surface area contributed by atoms with E-state index in [-0.39, 0.29) is 30.2 Å². The molecule has 1 N–H and O–H groups in total. The second kappa shape index (κ2) is 11.9. The quantitative estimate of drug-likeness (QED) is 0.252. The van der Waals surface area contributed by atoms with Gasteiger partial charge in [0.15, 0.2) is 12.1 Å². The third-order valence-electron chi connectivity index (χ3n) is 7.56. The number of quaternary nitrogens is 1. The summed E-state index contributed by atoms with van der Waals surface area (Å²) in [5.41, 5.74) is 1.76. The number of carbonyl (C=O) groups excluding carboxylic acids is 2. The van der Waals surface area contributed by atoms with Crippen LogP contribution in [0.1, 0.15) is 34.8 Å². The maximum absolute atomic E-state index is 13.8. The SMILES string of the molecule is COc1ccc(C(Nc2cccc(F)c2)C(=O)O[C@H]2C[N+]3(CC(=O)c4ccccc4)CCC2CC3)cn1.[Cl-]. The molecule has 38 heavy (non-hydrogen) atoms. The van der Waals surface area contributed by atoms with Crippen LogP contribution in [0.25, 0.3) is 0 Å². The van der Waals surface area contributed by atoms with Crippen molar-refractivity contribution in [1.29, 1.82) is 0 Å². The van der Waals surface area contributed by atoms with E-state index in [4.69, 9.17) is 9.47 Å². The Balaban J connectivity index is 0.00000336. The third-order valence-corrected chi connectivity index (χ3v) is 7.56. The van der Waals surface area contributed by atoms with Gasteiger partial charge in [-0.2, -0.15) is 0 Å². The number of piperidine rings is 3. The molecule has 1 unspecified atom stereocenters. The van der Waals surface area contributed by atoms with Crippen molar-refractivity contribution in [3.05, 3.63) is 89.9 Å². The first-order chi connectivity index (χ1) is 17.9. The molecule has 3 fully saturated rings. The number of anilines is 1. The number of ketones is 1. The molecule has 2 atom stereocenters. The molecule has 0 spiro atoms. The Morgan fingerprint density at radius 1 is 1.08 bits per heavy atom. The van der Waals surface area contributed by atoms with Crippen LogP contribution in [0.5, 0.6) is 5.88 Å². The first-order valence-corrected chi connectivity index (χ1v) is 12.6. The molecule has 6 rings (SSSR count). The molecule has 200 valence electrons. The summed E-state index contributed by atoms with van der Waals surface area (Å²) in [5.74, 6) is -0.0616. The minimum absolute atomic E-state index is 0. The normalized spacial score (nSPS) is 22.6. The number of aromatic nitrogens is 1. The van der Waals surface area contributed by atoms with E-state index in [9.17, 15) is 14.0 Å². The van der Waals surface area contributed by atoms with Crippen molar-refractivity contribution in [1.82, 2.24) is 4.98 Å². The Bertz CT molecular complexity index is 1250. The number of ether oxygens (including phenoxy) is 2. The molecule has 2 aromatic carbocycles. The van der Waals surface area contributed by atoms with Crippen LogP contribution in [0.15, 0.2) is 72.9 Å². The number of benzene rings is 2. The van der Waals surface area contributed by atoms with Crippen LogP contribution in [-0.2, 0) is 9.53 Å². The number of nitrogens with one attached hydrogen (secondary N) is 1. The van der Waals surface area contributed by atoms with Crippen molar-refractivity contribution in [3.8, 4) is 5.88 Å². The maximum Gasteiger partial charge on any atom is 0.333 e. The number of rotatable bonds is 9. The average molecular weight is 540 g/mol. The van der Waals surface area contributed by atoms with E-state index in [0.29, 0.717) is 40.3 Å². The van der Waals surface area contributed by atoms with E-state index in [1.54, 1.807) is 30.5 Å². The summed E-state index contributed by atoms with van der Waals surface area (Å²) in [7, 11) is 1.52. The Labute approximate surface area is 228 Å². The van der Waals surface area contributed by atoms with Crippen LogP contribution >= 0.6 is 0 Å². The summed E-state index contributed by atoms with van der Waals surface area (Å²) in [6, 6.07) is 17.8. The summed E-state index contributed by atoms with van der Waals surface area (Å²) < 4.78 is 25.8. The van der Waals surface area contributed by atoms with Gasteiger partial charge in [0, 0.05) is 47.8 Å². The van der Waals surface area contributed by atoms with Gasteiger partial charge in [0.1, 0.15) is 18.9 Å². The maximum atomic E-state index is 13.8. The highest BCUT2D eigenvalue weighted by Gasteiger charge is 2.49. The fraction of sp³-hybridized carbons (Fsp3) is 0.345. The molecular weight excluding hydrogens is 509 g/mol. The summed E-state index contributed by atoms with van der Waals surface area (Å²) in [4.78, 5) is 30.8. The van der Waals surface area contributed by atoms with Crippen LogP contribution in [-0.4, -0.2) is 60.6 Å². The molecule has 3 aliphatic heterocycles. The molecule has 0 radical (unpaired) electrons. The summed E-state index contributed by atoms with van der Waals surface area (Å²) in [6.07, 6.45) is 3.08. The Kier molecular flexibility index (Phi) is 8.64. The van der Waals surface area contributed by atoms with E-state index in [1.807, 2.05) is 30.3 Å². The minimum atomic E-state index is -0.880. The monoisotopic (exact) mass is 539 g/mol. The predicted molar refractivity (Wildman–Crippen MR) is 137 cm³/mol. The van der Waals surface area contributed by atoms with Crippen LogP contribution < -0.4 is 22.5 Å². The molecule has 0 saturated carbocycles.